The fourth-order valence-corrected chi connectivity index (χ4v) is 1.43. The van der Waals surface area contributed by atoms with Crippen molar-refractivity contribution in [3.63, 3.8) is 0 Å². The van der Waals surface area contributed by atoms with E-state index in [0.717, 1.165) is 24.3 Å². The fourth-order valence-electron chi connectivity index (χ4n) is 1.43. The molecule has 0 atom stereocenters. The lowest BCUT2D eigenvalue weighted by atomic mass is 10.3. The Labute approximate surface area is 95.7 Å². The number of nitrogens with zero attached hydrogens (tertiary/aromatic N) is 2. The van der Waals surface area contributed by atoms with Crippen LogP contribution in [-0.2, 0) is 0 Å². The number of nitrogens with two attached hydrogens (primary N) is 1. The summed E-state index contributed by atoms with van der Waals surface area (Å²) in [4.78, 5) is 6.28. The third-order valence-electron chi connectivity index (χ3n) is 2.65. The molecular weight excluding hydrogens is 202 g/mol. The van der Waals surface area contributed by atoms with Gasteiger partial charge in [0.05, 0.1) is 13.2 Å². The van der Waals surface area contributed by atoms with E-state index in [4.69, 9.17) is 10.5 Å². The molecule has 1 aliphatic carbocycles. The predicted molar refractivity (Wildman–Crippen MR) is 66.0 cm³/mol. The third kappa shape index (κ3) is 2.45. The van der Waals surface area contributed by atoms with E-state index >= 15 is 0 Å². The van der Waals surface area contributed by atoms with Gasteiger partial charge in [-0.05, 0) is 25.0 Å². The Bertz CT molecular complexity index is 399. The van der Waals surface area contributed by atoms with Gasteiger partial charge in [0.25, 0.3) is 0 Å². The number of hydrogen-bond donors (Lipinski definition) is 1. The predicted octanol–water partition coefficient (Wildman–Crippen LogP) is 1.61. The molecule has 0 aliphatic heterocycles. The molecule has 1 saturated carbocycles. The first-order valence-corrected chi connectivity index (χ1v) is 5.42. The summed E-state index contributed by atoms with van der Waals surface area (Å²) in [6, 6.07) is 8.21. The van der Waals surface area contributed by atoms with Gasteiger partial charge in [-0.2, -0.15) is 0 Å². The van der Waals surface area contributed by atoms with Gasteiger partial charge in [0.2, 0.25) is 0 Å². The van der Waals surface area contributed by atoms with Crippen molar-refractivity contribution in [3.8, 4) is 5.75 Å². The minimum Gasteiger partial charge on any atom is -0.497 e. The molecule has 0 saturated heterocycles. The zero-order valence-corrected chi connectivity index (χ0v) is 9.68. The van der Waals surface area contributed by atoms with Crippen molar-refractivity contribution in [2.45, 2.75) is 18.9 Å². The van der Waals surface area contributed by atoms with E-state index in [9.17, 15) is 0 Å². The van der Waals surface area contributed by atoms with Crippen molar-refractivity contribution in [3.05, 3.63) is 24.3 Å². The highest BCUT2D eigenvalue weighted by atomic mass is 16.5. The second kappa shape index (κ2) is 4.43. The molecule has 1 aliphatic rings. The average molecular weight is 219 g/mol. The van der Waals surface area contributed by atoms with Gasteiger partial charge in [-0.15, -0.1) is 0 Å². The van der Waals surface area contributed by atoms with E-state index in [1.165, 1.54) is 0 Å². The Morgan fingerprint density at radius 3 is 2.88 bits per heavy atom. The molecule has 2 N–H and O–H groups in total. The lowest BCUT2D eigenvalue weighted by Gasteiger charge is -2.18. The summed E-state index contributed by atoms with van der Waals surface area (Å²) in [5.41, 5.74) is 6.90. The highest BCUT2D eigenvalue weighted by Crippen LogP contribution is 2.24. The van der Waals surface area contributed by atoms with Crippen molar-refractivity contribution in [2.75, 3.05) is 19.1 Å². The quantitative estimate of drug-likeness (QED) is 0.620. The number of ether oxygens (including phenoxy) is 1. The molecule has 86 valence electrons. The van der Waals surface area contributed by atoms with Gasteiger partial charge in [-0.25, -0.2) is 4.99 Å². The Hall–Kier alpha value is -1.71. The number of rotatable bonds is 3. The van der Waals surface area contributed by atoms with Gasteiger partial charge in [0.15, 0.2) is 5.96 Å². The molecule has 2 rings (SSSR count). The Balaban J connectivity index is 2.15. The second-order valence-electron chi connectivity index (χ2n) is 3.98. The zero-order chi connectivity index (χ0) is 11.5. The monoisotopic (exact) mass is 219 g/mol. The molecule has 0 spiro atoms. The van der Waals surface area contributed by atoms with Gasteiger partial charge >= 0.3 is 0 Å². The maximum absolute atomic E-state index is 5.92. The second-order valence-corrected chi connectivity index (χ2v) is 3.98. The van der Waals surface area contributed by atoms with Crippen molar-refractivity contribution in [2.24, 2.45) is 10.7 Å². The average Bonchev–Trinajstić information content (AvgIpc) is 3.12. The van der Waals surface area contributed by atoms with Crippen molar-refractivity contribution >= 4 is 11.6 Å². The molecule has 0 heterocycles. The molecule has 1 fully saturated rings. The Kier molecular flexibility index (Phi) is 2.99. The van der Waals surface area contributed by atoms with Gasteiger partial charge < -0.3 is 15.4 Å². The topological polar surface area (TPSA) is 50.9 Å². The van der Waals surface area contributed by atoms with E-state index in [1.54, 1.807) is 7.11 Å². The summed E-state index contributed by atoms with van der Waals surface area (Å²) in [5.74, 6) is 1.39. The minimum atomic E-state index is 0.438. The number of aliphatic imine (C=N–C) groups is 1. The molecule has 0 unspecified atom stereocenters. The number of anilines is 1. The standard InChI is InChI=1S/C12H17N3O/c1-15(12(13)14-9-6-7-9)10-4-3-5-11(8-10)16-2/h3-5,8-9H,6-7H2,1-2H3,(H2,13,14). The molecule has 0 radical (unpaired) electrons. The van der Waals surface area contributed by atoms with Crippen molar-refractivity contribution < 1.29 is 4.74 Å². The summed E-state index contributed by atoms with van der Waals surface area (Å²) >= 11 is 0. The largest absolute Gasteiger partial charge is 0.497 e. The van der Waals surface area contributed by atoms with Crippen LogP contribution in [0.5, 0.6) is 5.75 Å². The lowest BCUT2D eigenvalue weighted by Crippen LogP contribution is -2.34. The molecule has 16 heavy (non-hydrogen) atoms. The van der Waals surface area contributed by atoms with Crippen LogP contribution in [0.4, 0.5) is 5.69 Å². The van der Waals surface area contributed by atoms with Crippen LogP contribution < -0.4 is 15.4 Å². The maximum atomic E-state index is 5.92. The number of methoxy groups -OCH3 is 1. The van der Waals surface area contributed by atoms with Gasteiger partial charge in [-0.3, -0.25) is 0 Å². The zero-order valence-electron chi connectivity index (χ0n) is 9.68. The fraction of sp³-hybridized carbons (Fsp3) is 0.417. The third-order valence-corrected chi connectivity index (χ3v) is 2.65. The smallest absolute Gasteiger partial charge is 0.195 e. The summed E-state index contributed by atoms with van der Waals surface area (Å²) in [7, 11) is 3.57. The van der Waals surface area contributed by atoms with Crippen LogP contribution in [0, 0.1) is 0 Å². The summed E-state index contributed by atoms with van der Waals surface area (Å²) in [6.07, 6.45) is 2.32. The van der Waals surface area contributed by atoms with Crippen LogP contribution >= 0.6 is 0 Å². The summed E-state index contributed by atoms with van der Waals surface area (Å²) in [5, 5.41) is 0. The Morgan fingerprint density at radius 2 is 2.25 bits per heavy atom. The van der Waals surface area contributed by atoms with Crippen LogP contribution in [0.25, 0.3) is 0 Å². The van der Waals surface area contributed by atoms with Crippen molar-refractivity contribution in [1.29, 1.82) is 0 Å². The van der Waals surface area contributed by atoms with E-state index < -0.39 is 0 Å². The molecule has 4 heteroatoms. The normalized spacial score (nSPS) is 16.0. The summed E-state index contributed by atoms with van der Waals surface area (Å²) in [6.45, 7) is 0. The molecule has 0 aromatic heterocycles. The van der Waals surface area contributed by atoms with Crippen molar-refractivity contribution in [1.82, 2.24) is 0 Å². The first-order valence-electron chi connectivity index (χ1n) is 5.42. The number of guanidine groups is 1. The van der Waals surface area contributed by atoms with Crippen LogP contribution in [0.3, 0.4) is 0 Å². The maximum Gasteiger partial charge on any atom is 0.195 e. The van der Waals surface area contributed by atoms with Gasteiger partial charge in [-0.1, -0.05) is 6.07 Å². The minimum absolute atomic E-state index is 0.438. The van der Waals surface area contributed by atoms with Crippen LogP contribution in [-0.4, -0.2) is 26.2 Å². The first kappa shape index (κ1) is 10.8. The first-order chi connectivity index (χ1) is 7.70. The molecule has 1 aromatic carbocycles. The van der Waals surface area contributed by atoms with E-state index in [1.807, 2.05) is 36.2 Å². The van der Waals surface area contributed by atoms with Gasteiger partial charge in [0, 0.05) is 18.8 Å². The molecular formula is C12H17N3O. The summed E-state index contributed by atoms with van der Waals surface area (Å²) < 4.78 is 5.17. The molecule has 4 nitrogen and oxygen atoms in total. The SMILES string of the molecule is COc1cccc(N(C)C(N)=NC2CC2)c1. The van der Waals surface area contributed by atoms with E-state index in [-0.39, 0.29) is 0 Å². The van der Waals surface area contributed by atoms with Crippen LogP contribution in [0.2, 0.25) is 0 Å². The molecule has 0 amide bonds. The lowest BCUT2D eigenvalue weighted by molar-refractivity contribution is 0.415. The molecule has 1 aromatic rings. The van der Waals surface area contributed by atoms with Crippen LogP contribution in [0.15, 0.2) is 29.3 Å². The molecule has 0 bridgehead atoms. The number of benzene rings is 1. The van der Waals surface area contributed by atoms with E-state index in [2.05, 4.69) is 4.99 Å². The number of hydrogen-bond acceptors (Lipinski definition) is 2. The van der Waals surface area contributed by atoms with E-state index in [0.29, 0.717) is 12.0 Å². The van der Waals surface area contributed by atoms with Gasteiger partial charge in [0.1, 0.15) is 5.75 Å². The Morgan fingerprint density at radius 1 is 1.50 bits per heavy atom. The van der Waals surface area contributed by atoms with Crippen LogP contribution in [0.1, 0.15) is 12.8 Å². The highest BCUT2D eigenvalue weighted by Gasteiger charge is 2.21. The highest BCUT2D eigenvalue weighted by molar-refractivity contribution is 5.94.